The Labute approximate surface area is 144 Å². The maximum Gasteiger partial charge on any atom is 0.496 e. The molecule has 0 aliphatic carbocycles. The molecular formula is C17H26BN3O3. The zero-order chi connectivity index (χ0) is 17.5. The average molecular weight is 331 g/mol. The van der Waals surface area contributed by atoms with Gasteiger partial charge in [-0.2, -0.15) is 0 Å². The van der Waals surface area contributed by atoms with E-state index in [1.807, 2.05) is 19.1 Å². The molecule has 3 heterocycles. The van der Waals surface area contributed by atoms with Crippen LogP contribution in [-0.4, -0.2) is 60.8 Å². The van der Waals surface area contributed by atoms with Crippen molar-refractivity contribution >= 4 is 24.8 Å². The number of aryl methyl sites for hydroxylation is 1. The zero-order valence-corrected chi connectivity index (χ0v) is 15.2. The van der Waals surface area contributed by atoms with Gasteiger partial charge in [0.1, 0.15) is 5.82 Å². The monoisotopic (exact) mass is 331 g/mol. The molecule has 130 valence electrons. The second kappa shape index (κ2) is 6.04. The first kappa shape index (κ1) is 17.2. The van der Waals surface area contributed by atoms with Crippen molar-refractivity contribution in [1.82, 2.24) is 9.88 Å². The molecule has 2 saturated heterocycles. The van der Waals surface area contributed by atoms with Gasteiger partial charge < -0.3 is 19.1 Å². The third-order valence-electron chi connectivity index (χ3n) is 5.41. The summed E-state index contributed by atoms with van der Waals surface area (Å²) in [5, 5.41) is 0. The lowest BCUT2D eigenvalue weighted by Crippen LogP contribution is -2.46. The number of carbonyl (C=O) groups excluding carboxylic acids is 1. The van der Waals surface area contributed by atoms with E-state index < -0.39 is 0 Å². The molecule has 0 unspecified atom stereocenters. The molecule has 0 spiro atoms. The number of nitrogens with zero attached hydrogens (tertiary/aromatic N) is 3. The van der Waals surface area contributed by atoms with Crippen molar-refractivity contribution in [2.75, 3.05) is 31.1 Å². The van der Waals surface area contributed by atoms with Crippen molar-refractivity contribution in [2.45, 2.75) is 45.8 Å². The van der Waals surface area contributed by atoms with Crippen LogP contribution < -0.4 is 10.4 Å². The van der Waals surface area contributed by atoms with Crippen LogP contribution >= 0.6 is 0 Å². The van der Waals surface area contributed by atoms with Gasteiger partial charge in [-0.3, -0.25) is 4.79 Å². The van der Waals surface area contributed by atoms with Crippen molar-refractivity contribution in [3.8, 4) is 0 Å². The van der Waals surface area contributed by atoms with Gasteiger partial charge in [0, 0.05) is 37.3 Å². The molecule has 0 aromatic carbocycles. The van der Waals surface area contributed by atoms with Crippen molar-refractivity contribution < 1.29 is 14.1 Å². The number of hydrogen-bond acceptors (Lipinski definition) is 5. The molecule has 0 bridgehead atoms. The summed E-state index contributed by atoms with van der Waals surface area (Å²) in [6.45, 7) is 13.3. The first-order valence-electron chi connectivity index (χ1n) is 8.51. The topological polar surface area (TPSA) is 54.9 Å². The van der Waals surface area contributed by atoms with E-state index in [1.165, 1.54) is 0 Å². The highest BCUT2D eigenvalue weighted by molar-refractivity contribution is 6.62. The number of rotatable bonds is 3. The lowest BCUT2D eigenvalue weighted by Gasteiger charge is -2.33. The van der Waals surface area contributed by atoms with Gasteiger partial charge in [0.25, 0.3) is 0 Å². The number of amides is 1. The van der Waals surface area contributed by atoms with Crippen molar-refractivity contribution in [1.29, 1.82) is 0 Å². The number of piperazine rings is 1. The fourth-order valence-corrected chi connectivity index (χ4v) is 3.01. The van der Waals surface area contributed by atoms with E-state index in [4.69, 9.17) is 14.3 Å². The second-order valence-corrected chi connectivity index (χ2v) is 7.56. The first-order valence-corrected chi connectivity index (χ1v) is 8.51. The fraction of sp³-hybridized carbons (Fsp3) is 0.647. The van der Waals surface area contributed by atoms with Crippen LogP contribution in [0.5, 0.6) is 0 Å². The van der Waals surface area contributed by atoms with E-state index in [0.717, 1.165) is 49.6 Å². The third kappa shape index (κ3) is 3.02. The fourth-order valence-electron chi connectivity index (χ4n) is 3.01. The summed E-state index contributed by atoms with van der Waals surface area (Å²) >= 11 is 0. The number of anilines is 1. The van der Waals surface area contributed by atoms with E-state index in [0.29, 0.717) is 0 Å². The summed E-state index contributed by atoms with van der Waals surface area (Å²) in [5.41, 5.74) is 1.19. The van der Waals surface area contributed by atoms with Crippen LogP contribution in [0.15, 0.2) is 12.1 Å². The standard InChI is InChI=1S/C17H26BN3O3/c1-13-14(18-23-16(2,3)17(4,5)24-18)6-7-15(19-13)21-10-8-20(12-22)9-11-21/h6-7,12H,8-11H2,1-5H3. The van der Waals surface area contributed by atoms with Crippen LogP contribution in [-0.2, 0) is 14.1 Å². The molecule has 0 radical (unpaired) electrons. The van der Waals surface area contributed by atoms with E-state index in [-0.39, 0.29) is 18.3 Å². The Morgan fingerprint density at radius 1 is 1.08 bits per heavy atom. The molecule has 1 aromatic heterocycles. The van der Waals surface area contributed by atoms with E-state index in [9.17, 15) is 4.79 Å². The Kier molecular flexibility index (Phi) is 4.34. The summed E-state index contributed by atoms with van der Waals surface area (Å²) < 4.78 is 12.2. The van der Waals surface area contributed by atoms with Gasteiger partial charge in [-0.25, -0.2) is 4.98 Å². The Hall–Kier alpha value is -1.60. The predicted octanol–water partition coefficient (Wildman–Crippen LogP) is 0.968. The number of carbonyl (C=O) groups is 1. The van der Waals surface area contributed by atoms with Crippen LogP contribution in [0.2, 0.25) is 0 Å². The maximum atomic E-state index is 10.8. The molecule has 24 heavy (non-hydrogen) atoms. The lowest BCUT2D eigenvalue weighted by atomic mass is 9.78. The Morgan fingerprint density at radius 2 is 1.67 bits per heavy atom. The van der Waals surface area contributed by atoms with Gasteiger partial charge in [0.15, 0.2) is 0 Å². The summed E-state index contributed by atoms with van der Waals surface area (Å²) in [6.07, 6.45) is 0.914. The highest BCUT2D eigenvalue weighted by Gasteiger charge is 2.52. The highest BCUT2D eigenvalue weighted by atomic mass is 16.7. The van der Waals surface area contributed by atoms with Gasteiger partial charge in [-0.1, -0.05) is 6.07 Å². The average Bonchev–Trinajstić information content (AvgIpc) is 2.75. The summed E-state index contributed by atoms with van der Waals surface area (Å²) in [6, 6.07) is 4.07. The Morgan fingerprint density at radius 3 is 2.17 bits per heavy atom. The molecule has 6 nitrogen and oxygen atoms in total. The molecular weight excluding hydrogens is 305 g/mol. The van der Waals surface area contributed by atoms with Crippen molar-refractivity contribution in [3.63, 3.8) is 0 Å². The van der Waals surface area contributed by atoms with Crippen LogP contribution in [0.3, 0.4) is 0 Å². The van der Waals surface area contributed by atoms with Crippen LogP contribution in [0.25, 0.3) is 0 Å². The minimum Gasteiger partial charge on any atom is -0.399 e. The van der Waals surface area contributed by atoms with E-state index in [2.05, 4.69) is 32.6 Å². The van der Waals surface area contributed by atoms with Crippen LogP contribution in [0.4, 0.5) is 5.82 Å². The Balaban J connectivity index is 1.76. The van der Waals surface area contributed by atoms with Gasteiger partial charge in [0.05, 0.1) is 11.2 Å². The highest BCUT2D eigenvalue weighted by Crippen LogP contribution is 2.36. The maximum absolute atomic E-state index is 10.8. The largest absolute Gasteiger partial charge is 0.496 e. The van der Waals surface area contributed by atoms with E-state index in [1.54, 1.807) is 4.90 Å². The van der Waals surface area contributed by atoms with Gasteiger partial charge >= 0.3 is 7.12 Å². The minimum absolute atomic E-state index is 0.353. The Bertz CT molecular complexity index is 612. The SMILES string of the molecule is Cc1nc(N2CCN(C=O)CC2)ccc1B1OC(C)(C)C(C)(C)O1. The summed E-state index contributed by atoms with van der Waals surface area (Å²) in [4.78, 5) is 19.6. The van der Waals surface area contributed by atoms with E-state index >= 15 is 0 Å². The molecule has 3 rings (SSSR count). The molecule has 2 aliphatic rings. The predicted molar refractivity (Wildman–Crippen MR) is 94.5 cm³/mol. The normalized spacial score (nSPS) is 22.8. The molecule has 1 amide bonds. The smallest absolute Gasteiger partial charge is 0.399 e. The summed E-state index contributed by atoms with van der Waals surface area (Å²) in [7, 11) is -0.386. The van der Waals surface area contributed by atoms with Crippen LogP contribution in [0, 0.1) is 6.92 Å². The lowest BCUT2D eigenvalue weighted by molar-refractivity contribution is -0.118. The zero-order valence-electron chi connectivity index (χ0n) is 15.2. The number of hydrogen-bond donors (Lipinski definition) is 0. The number of aromatic nitrogens is 1. The third-order valence-corrected chi connectivity index (χ3v) is 5.41. The molecule has 0 saturated carbocycles. The van der Waals surface area contributed by atoms with Gasteiger partial charge in [0.2, 0.25) is 6.41 Å². The molecule has 7 heteroatoms. The minimum atomic E-state index is -0.386. The van der Waals surface area contributed by atoms with Crippen molar-refractivity contribution in [2.24, 2.45) is 0 Å². The van der Waals surface area contributed by atoms with Crippen molar-refractivity contribution in [3.05, 3.63) is 17.8 Å². The number of pyridine rings is 1. The molecule has 2 aliphatic heterocycles. The van der Waals surface area contributed by atoms with Gasteiger partial charge in [-0.05, 0) is 40.7 Å². The molecule has 0 N–H and O–H groups in total. The summed E-state index contributed by atoms with van der Waals surface area (Å²) in [5.74, 6) is 0.943. The van der Waals surface area contributed by atoms with Gasteiger partial charge in [-0.15, -0.1) is 0 Å². The van der Waals surface area contributed by atoms with Crippen LogP contribution in [0.1, 0.15) is 33.4 Å². The first-order chi connectivity index (χ1) is 11.2. The second-order valence-electron chi connectivity index (χ2n) is 7.56. The molecule has 1 aromatic rings. The molecule has 0 atom stereocenters. The quantitative estimate of drug-likeness (QED) is 0.610. The molecule has 2 fully saturated rings.